The zero-order chi connectivity index (χ0) is 16.3. The molecule has 1 unspecified atom stereocenters. The molecule has 0 bridgehead atoms. The Bertz CT molecular complexity index is 527. The minimum absolute atomic E-state index is 0.0582. The van der Waals surface area contributed by atoms with Gasteiger partial charge in [0.1, 0.15) is 0 Å². The molecule has 0 aliphatic heterocycles. The van der Waals surface area contributed by atoms with Crippen LogP contribution in [0, 0.1) is 16.7 Å². The topological polar surface area (TPSA) is 56.0 Å². The Morgan fingerprint density at radius 3 is 2.33 bits per heavy atom. The van der Waals surface area contributed by atoms with E-state index in [0.717, 1.165) is 12.1 Å². The summed E-state index contributed by atoms with van der Waals surface area (Å²) < 4.78 is 38.7. The molecule has 1 aromatic carbocycles. The summed E-state index contributed by atoms with van der Waals surface area (Å²) >= 11 is 0. The molecule has 0 fully saturated rings. The van der Waals surface area contributed by atoms with E-state index in [1.54, 1.807) is 6.07 Å². The maximum Gasteiger partial charge on any atom is 0.417 e. The van der Waals surface area contributed by atoms with Gasteiger partial charge in [0.2, 0.25) is 0 Å². The first kappa shape index (κ1) is 17.3. The molecule has 0 aliphatic rings. The molecular formula is C15H19F3N2O. The van der Waals surface area contributed by atoms with Crippen LogP contribution < -0.4 is 5.32 Å². The summed E-state index contributed by atoms with van der Waals surface area (Å²) in [6, 6.07) is 4.91. The molecule has 6 heteroatoms. The van der Waals surface area contributed by atoms with Gasteiger partial charge in [-0.1, -0.05) is 20.8 Å². The van der Waals surface area contributed by atoms with Gasteiger partial charge in [-0.3, -0.25) is 0 Å². The summed E-state index contributed by atoms with van der Waals surface area (Å²) in [6.07, 6.45) is -4.15. The van der Waals surface area contributed by atoms with Gasteiger partial charge in [0.25, 0.3) is 0 Å². The summed E-state index contributed by atoms with van der Waals surface area (Å²) in [7, 11) is 0. The first-order valence-corrected chi connectivity index (χ1v) is 6.58. The van der Waals surface area contributed by atoms with Gasteiger partial charge in [-0.2, -0.15) is 18.4 Å². The van der Waals surface area contributed by atoms with Gasteiger partial charge in [0, 0.05) is 18.3 Å². The Morgan fingerprint density at radius 1 is 1.29 bits per heavy atom. The first-order chi connectivity index (χ1) is 9.59. The number of aliphatic hydroxyl groups is 1. The van der Waals surface area contributed by atoms with Crippen LogP contribution in [0.5, 0.6) is 0 Å². The quantitative estimate of drug-likeness (QED) is 0.889. The maximum absolute atomic E-state index is 12.9. The third-order valence-corrected chi connectivity index (χ3v) is 3.25. The number of hydrogen-bond acceptors (Lipinski definition) is 3. The van der Waals surface area contributed by atoms with Crippen molar-refractivity contribution < 1.29 is 18.3 Å². The molecule has 0 saturated carbocycles. The van der Waals surface area contributed by atoms with E-state index in [2.05, 4.69) is 5.32 Å². The van der Waals surface area contributed by atoms with Crippen LogP contribution in [0.15, 0.2) is 18.2 Å². The number of nitrogens with zero attached hydrogens (tertiary/aromatic N) is 1. The van der Waals surface area contributed by atoms with Crippen molar-refractivity contribution in [2.24, 2.45) is 5.41 Å². The van der Waals surface area contributed by atoms with E-state index >= 15 is 0 Å². The molecule has 1 rings (SSSR count). The van der Waals surface area contributed by atoms with E-state index < -0.39 is 17.3 Å². The second-order valence-electron chi connectivity index (χ2n) is 5.95. The number of nitriles is 1. The minimum Gasteiger partial charge on any atom is -0.396 e. The van der Waals surface area contributed by atoms with Crippen molar-refractivity contribution in [2.75, 3.05) is 11.9 Å². The van der Waals surface area contributed by atoms with Crippen LogP contribution in [-0.4, -0.2) is 17.8 Å². The lowest BCUT2D eigenvalue weighted by molar-refractivity contribution is -0.137. The molecule has 0 saturated heterocycles. The summed E-state index contributed by atoms with van der Waals surface area (Å²) in [6.45, 7) is 5.76. The number of alkyl halides is 3. The Morgan fingerprint density at radius 2 is 1.90 bits per heavy atom. The van der Waals surface area contributed by atoms with Gasteiger partial charge < -0.3 is 10.4 Å². The van der Waals surface area contributed by atoms with Crippen molar-refractivity contribution in [3.63, 3.8) is 0 Å². The predicted molar refractivity (Wildman–Crippen MR) is 74.7 cm³/mol. The lowest BCUT2D eigenvalue weighted by Crippen LogP contribution is -2.35. The minimum atomic E-state index is -4.57. The highest BCUT2D eigenvalue weighted by atomic mass is 19.4. The summed E-state index contributed by atoms with van der Waals surface area (Å²) in [5.74, 6) is 0. The van der Waals surface area contributed by atoms with Gasteiger partial charge in [-0.15, -0.1) is 0 Å². The number of aliphatic hydroxyl groups excluding tert-OH is 1. The van der Waals surface area contributed by atoms with Gasteiger partial charge >= 0.3 is 6.18 Å². The highest BCUT2D eigenvalue weighted by molar-refractivity contribution is 5.53. The Labute approximate surface area is 122 Å². The van der Waals surface area contributed by atoms with E-state index in [-0.39, 0.29) is 23.8 Å². The molecule has 1 atom stereocenters. The molecule has 2 N–H and O–H groups in total. The number of nitrogens with one attached hydrogen (secondary N) is 1. The number of hydrogen-bond donors (Lipinski definition) is 2. The molecular weight excluding hydrogens is 281 g/mol. The van der Waals surface area contributed by atoms with Crippen molar-refractivity contribution in [3.8, 4) is 6.07 Å². The van der Waals surface area contributed by atoms with Gasteiger partial charge in [0.15, 0.2) is 0 Å². The van der Waals surface area contributed by atoms with E-state index in [9.17, 15) is 13.2 Å². The summed E-state index contributed by atoms with van der Waals surface area (Å²) in [5, 5.41) is 20.9. The monoisotopic (exact) mass is 300 g/mol. The third-order valence-electron chi connectivity index (χ3n) is 3.25. The van der Waals surface area contributed by atoms with E-state index in [1.165, 1.54) is 6.07 Å². The van der Waals surface area contributed by atoms with Crippen molar-refractivity contribution >= 4 is 5.69 Å². The van der Waals surface area contributed by atoms with Crippen molar-refractivity contribution in [2.45, 2.75) is 39.4 Å². The van der Waals surface area contributed by atoms with E-state index in [4.69, 9.17) is 10.4 Å². The summed E-state index contributed by atoms with van der Waals surface area (Å²) in [5.41, 5.74) is -1.29. The smallest absolute Gasteiger partial charge is 0.396 e. The van der Waals surface area contributed by atoms with E-state index in [0.29, 0.717) is 6.42 Å². The van der Waals surface area contributed by atoms with Crippen molar-refractivity contribution in [3.05, 3.63) is 29.3 Å². The van der Waals surface area contributed by atoms with Crippen LogP contribution >= 0.6 is 0 Å². The normalized spacial score (nSPS) is 13.6. The molecule has 0 aliphatic carbocycles. The van der Waals surface area contributed by atoms with Gasteiger partial charge in [-0.05, 0) is 30.0 Å². The molecule has 0 amide bonds. The standard InChI is InChI=1S/C15H19F3N2O/c1-14(2,3)13(6-7-21)20-11-5-4-10(9-19)12(8-11)15(16,17)18/h4-5,8,13,20-21H,6-7H2,1-3H3. The van der Waals surface area contributed by atoms with Crippen LogP contribution in [0.25, 0.3) is 0 Å². The fourth-order valence-electron chi connectivity index (χ4n) is 2.02. The molecule has 116 valence electrons. The van der Waals surface area contributed by atoms with E-state index in [1.807, 2.05) is 20.8 Å². The fraction of sp³-hybridized carbons (Fsp3) is 0.533. The number of benzene rings is 1. The second-order valence-corrected chi connectivity index (χ2v) is 5.95. The molecule has 0 heterocycles. The molecule has 0 aromatic heterocycles. The van der Waals surface area contributed by atoms with Crippen molar-refractivity contribution in [1.29, 1.82) is 5.26 Å². The molecule has 0 radical (unpaired) electrons. The Kier molecular flexibility index (Phi) is 5.24. The predicted octanol–water partition coefficient (Wildman–Crippen LogP) is 3.79. The zero-order valence-corrected chi connectivity index (χ0v) is 12.3. The van der Waals surface area contributed by atoms with Crippen molar-refractivity contribution in [1.82, 2.24) is 0 Å². The second kappa shape index (κ2) is 6.35. The highest BCUT2D eigenvalue weighted by Gasteiger charge is 2.34. The van der Waals surface area contributed by atoms with Crippen LogP contribution in [0.2, 0.25) is 0 Å². The van der Waals surface area contributed by atoms with Crippen LogP contribution in [0.4, 0.5) is 18.9 Å². The highest BCUT2D eigenvalue weighted by Crippen LogP contribution is 2.34. The lowest BCUT2D eigenvalue weighted by atomic mass is 9.84. The molecule has 0 spiro atoms. The molecule has 1 aromatic rings. The van der Waals surface area contributed by atoms with Gasteiger partial charge in [0.05, 0.1) is 17.2 Å². The Hall–Kier alpha value is -1.74. The summed E-state index contributed by atoms with van der Waals surface area (Å²) in [4.78, 5) is 0. The SMILES string of the molecule is CC(C)(C)C(CCO)Nc1ccc(C#N)c(C(F)(F)F)c1. The van der Waals surface area contributed by atoms with Gasteiger partial charge in [-0.25, -0.2) is 0 Å². The van der Waals surface area contributed by atoms with Crippen LogP contribution in [-0.2, 0) is 6.18 Å². The average molecular weight is 300 g/mol. The third kappa shape index (κ3) is 4.64. The molecule has 21 heavy (non-hydrogen) atoms. The van der Waals surface area contributed by atoms with Crippen LogP contribution in [0.1, 0.15) is 38.3 Å². The largest absolute Gasteiger partial charge is 0.417 e. The number of anilines is 1. The zero-order valence-electron chi connectivity index (χ0n) is 12.3. The average Bonchev–Trinajstić information content (AvgIpc) is 2.36. The Balaban J connectivity index is 3.13. The first-order valence-electron chi connectivity index (χ1n) is 6.58. The molecule has 3 nitrogen and oxygen atoms in total. The number of halogens is 3. The lowest BCUT2D eigenvalue weighted by Gasteiger charge is -2.32. The number of rotatable bonds is 4. The van der Waals surface area contributed by atoms with Crippen LogP contribution in [0.3, 0.4) is 0 Å². The fourth-order valence-corrected chi connectivity index (χ4v) is 2.02. The maximum atomic E-state index is 12.9.